The van der Waals surface area contributed by atoms with Crippen molar-refractivity contribution in [2.45, 2.75) is 49.7 Å². The third kappa shape index (κ3) is 4.41. The number of hydrogen-bond donors (Lipinski definition) is 2. The minimum absolute atomic E-state index is 0. The zero-order valence-electron chi connectivity index (χ0n) is 14.9. The number of nitrogens with zero attached hydrogens (tertiary/aromatic N) is 1. The SMILES string of the molecule is Cl.N=CN1CCC[C@@H]1COC(=O)[C@](O)(c1ccccc1)[C@@H]1CCC(F)(F)C1. The highest BCUT2D eigenvalue weighted by Gasteiger charge is 2.54. The van der Waals surface area contributed by atoms with Gasteiger partial charge in [-0.25, -0.2) is 13.6 Å². The summed E-state index contributed by atoms with van der Waals surface area (Å²) in [6.07, 6.45) is 2.08. The van der Waals surface area contributed by atoms with Gasteiger partial charge in [0.2, 0.25) is 5.92 Å². The highest BCUT2D eigenvalue weighted by atomic mass is 35.5. The molecule has 0 unspecified atom stereocenters. The van der Waals surface area contributed by atoms with Crippen molar-refractivity contribution < 1.29 is 23.4 Å². The Morgan fingerprint density at radius 2 is 2.07 bits per heavy atom. The maximum Gasteiger partial charge on any atom is 0.343 e. The highest BCUT2D eigenvalue weighted by Crippen LogP contribution is 2.47. The van der Waals surface area contributed by atoms with Crippen LogP contribution >= 0.6 is 12.4 Å². The lowest BCUT2D eigenvalue weighted by Gasteiger charge is -2.33. The molecule has 0 amide bonds. The molecule has 0 radical (unpaired) electrons. The molecule has 27 heavy (non-hydrogen) atoms. The summed E-state index contributed by atoms with van der Waals surface area (Å²) >= 11 is 0. The molecule has 0 spiro atoms. The van der Waals surface area contributed by atoms with E-state index in [9.17, 15) is 18.7 Å². The molecule has 1 saturated carbocycles. The second-order valence-corrected chi connectivity index (χ2v) is 7.19. The van der Waals surface area contributed by atoms with Gasteiger partial charge in [-0.3, -0.25) is 5.41 Å². The number of aliphatic hydroxyl groups is 1. The molecule has 150 valence electrons. The third-order valence-electron chi connectivity index (χ3n) is 5.51. The number of carbonyl (C=O) groups is 1. The summed E-state index contributed by atoms with van der Waals surface area (Å²) in [7, 11) is 0. The monoisotopic (exact) mass is 402 g/mol. The van der Waals surface area contributed by atoms with Crippen LogP contribution in [0, 0.1) is 11.3 Å². The molecule has 8 heteroatoms. The first-order valence-electron chi connectivity index (χ1n) is 8.96. The Morgan fingerprint density at radius 3 is 2.67 bits per heavy atom. The van der Waals surface area contributed by atoms with Crippen LogP contribution in [-0.4, -0.2) is 47.4 Å². The second kappa shape index (κ2) is 8.52. The fourth-order valence-corrected chi connectivity index (χ4v) is 4.01. The maximum absolute atomic E-state index is 13.7. The molecule has 1 saturated heterocycles. The lowest BCUT2D eigenvalue weighted by atomic mass is 9.80. The van der Waals surface area contributed by atoms with Crippen LogP contribution in [0.25, 0.3) is 0 Å². The lowest BCUT2D eigenvalue weighted by molar-refractivity contribution is -0.176. The topological polar surface area (TPSA) is 73.6 Å². The summed E-state index contributed by atoms with van der Waals surface area (Å²) in [5.41, 5.74) is -1.81. The number of benzene rings is 1. The zero-order chi connectivity index (χ0) is 18.8. The Balaban J connectivity index is 0.00000261. The molecule has 2 N–H and O–H groups in total. The first-order valence-corrected chi connectivity index (χ1v) is 8.96. The van der Waals surface area contributed by atoms with E-state index in [0.29, 0.717) is 0 Å². The second-order valence-electron chi connectivity index (χ2n) is 7.19. The van der Waals surface area contributed by atoms with Crippen LogP contribution in [0.2, 0.25) is 0 Å². The fraction of sp³-hybridized carbons (Fsp3) is 0.579. The van der Waals surface area contributed by atoms with E-state index < -0.39 is 29.8 Å². The number of carbonyl (C=O) groups excluding carboxylic acids is 1. The van der Waals surface area contributed by atoms with Gasteiger partial charge in [-0.15, -0.1) is 12.4 Å². The van der Waals surface area contributed by atoms with Crippen molar-refractivity contribution in [3.63, 3.8) is 0 Å². The van der Waals surface area contributed by atoms with Gasteiger partial charge in [0.05, 0.1) is 12.4 Å². The predicted molar refractivity (Wildman–Crippen MR) is 99.3 cm³/mol. The van der Waals surface area contributed by atoms with Crippen LogP contribution in [0.5, 0.6) is 0 Å². The van der Waals surface area contributed by atoms with Gasteiger partial charge in [-0.1, -0.05) is 30.3 Å². The highest BCUT2D eigenvalue weighted by molar-refractivity contribution is 5.85. The van der Waals surface area contributed by atoms with Crippen molar-refractivity contribution in [2.24, 2.45) is 5.92 Å². The normalized spacial score (nSPS) is 26.1. The molecular weight excluding hydrogens is 378 g/mol. The van der Waals surface area contributed by atoms with E-state index in [4.69, 9.17) is 10.1 Å². The number of alkyl halides is 2. The van der Waals surface area contributed by atoms with Crippen LogP contribution in [-0.2, 0) is 15.1 Å². The molecular formula is C19H25ClF2N2O3. The van der Waals surface area contributed by atoms with Crippen LogP contribution in [0.3, 0.4) is 0 Å². The van der Waals surface area contributed by atoms with Crippen molar-refractivity contribution in [2.75, 3.05) is 13.2 Å². The molecule has 2 fully saturated rings. The summed E-state index contributed by atoms with van der Waals surface area (Å²) in [5, 5.41) is 18.6. The minimum Gasteiger partial charge on any atom is -0.461 e. The summed E-state index contributed by atoms with van der Waals surface area (Å²) in [6.45, 7) is 0.760. The molecule has 1 aromatic carbocycles. The molecule has 1 aliphatic heterocycles. The first kappa shape index (κ1) is 21.6. The van der Waals surface area contributed by atoms with Crippen molar-refractivity contribution in [1.29, 1.82) is 5.41 Å². The van der Waals surface area contributed by atoms with E-state index >= 15 is 0 Å². The van der Waals surface area contributed by atoms with Crippen LogP contribution in [0.15, 0.2) is 30.3 Å². The zero-order valence-corrected chi connectivity index (χ0v) is 15.8. The summed E-state index contributed by atoms with van der Waals surface area (Å²) < 4.78 is 32.9. The first-order chi connectivity index (χ1) is 12.4. The standard InChI is InChI=1S/C19H24F2N2O3.ClH/c20-18(21)9-8-15(11-18)19(25,14-5-2-1-3-6-14)17(24)26-12-16-7-4-10-23(16)13-22;/h1-3,5-6,13,15-16,22,25H,4,7-12H2;1H/t15-,16-,19+;/m1./s1. The van der Waals surface area contributed by atoms with Crippen LogP contribution < -0.4 is 0 Å². The number of ether oxygens (including phenoxy) is 1. The van der Waals surface area contributed by atoms with Crippen molar-refractivity contribution >= 4 is 24.7 Å². The van der Waals surface area contributed by atoms with Gasteiger partial charge in [-0.2, -0.15) is 0 Å². The van der Waals surface area contributed by atoms with Gasteiger partial charge in [0, 0.05) is 25.3 Å². The average Bonchev–Trinajstić information content (AvgIpc) is 3.25. The van der Waals surface area contributed by atoms with Gasteiger partial charge < -0.3 is 14.7 Å². The molecule has 1 aromatic rings. The van der Waals surface area contributed by atoms with Gasteiger partial charge >= 0.3 is 5.97 Å². The minimum atomic E-state index is -2.88. The lowest BCUT2D eigenvalue weighted by Crippen LogP contribution is -2.45. The molecule has 3 atom stereocenters. The van der Waals surface area contributed by atoms with Crippen molar-refractivity contribution in [1.82, 2.24) is 4.90 Å². The van der Waals surface area contributed by atoms with Crippen LogP contribution in [0.4, 0.5) is 8.78 Å². The fourth-order valence-electron chi connectivity index (χ4n) is 4.01. The van der Waals surface area contributed by atoms with Gasteiger partial charge in [0.25, 0.3) is 0 Å². The van der Waals surface area contributed by atoms with E-state index in [1.165, 1.54) is 6.34 Å². The van der Waals surface area contributed by atoms with Crippen molar-refractivity contribution in [3.05, 3.63) is 35.9 Å². The van der Waals surface area contributed by atoms with Gasteiger partial charge in [0.1, 0.15) is 6.61 Å². The summed E-state index contributed by atoms with van der Waals surface area (Å²) in [6, 6.07) is 8.08. The molecule has 5 nitrogen and oxygen atoms in total. The van der Waals surface area contributed by atoms with Gasteiger partial charge in [-0.05, 0) is 24.8 Å². The molecule has 1 heterocycles. The number of esters is 1. The Morgan fingerprint density at radius 1 is 1.37 bits per heavy atom. The Labute approximate surface area is 163 Å². The molecule has 3 rings (SSSR count). The smallest absolute Gasteiger partial charge is 0.343 e. The number of halogens is 3. The molecule has 0 aromatic heterocycles. The number of hydrogen-bond acceptors (Lipinski definition) is 4. The largest absolute Gasteiger partial charge is 0.461 e. The van der Waals surface area contributed by atoms with Crippen molar-refractivity contribution in [3.8, 4) is 0 Å². The number of likely N-dealkylation sites (tertiary alicyclic amines) is 1. The number of rotatable bonds is 6. The number of nitrogens with one attached hydrogen (secondary N) is 1. The van der Waals surface area contributed by atoms with E-state index in [1.807, 2.05) is 0 Å². The van der Waals surface area contributed by atoms with Gasteiger partial charge in [0.15, 0.2) is 5.60 Å². The molecule has 1 aliphatic carbocycles. The predicted octanol–water partition coefficient (Wildman–Crippen LogP) is 3.35. The third-order valence-corrected chi connectivity index (χ3v) is 5.51. The maximum atomic E-state index is 13.7. The van der Waals surface area contributed by atoms with E-state index in [0.717, 1.165) is 19.4 Å². The van der Waals surface area contributed by atoms with E-state index in [-0.39, 0.29) is 43.5 Å². The quantitative estimate of drug-likeness (QED) is 0.435. The Bertz CT molecular complexity index is 662. The molecule has 0 bridgehead atoms. The van der Waals surface area contributed by atoms with E-state index in [1.54, 1.807) is 35.2 Å². The van der Waals surface area contributed by atoms with E-state index in [2.05, 4.69) is 0 Å². The summed E-state index contributed by atoms with van der Waals surface area (Å²) in [4.78, 5) is 14.6. The molecule has 2 aliphatic rings. The summed E-state index contributed by atoms with van der Waals surface area (Å²) in [5.74, 6) is -4.66. The van der Waals surface area contributed by atoms with Crippen LogP contribution in [0.1, 0.15) is 37.7 Å². The Kier molecular flexibility index (Phi) is 6.81. The average molecular weight is 403 g/mol. The Hall–Kier alpha value is -1.73.